The summed E-state index contributed by atoms with van der Waals surface area (Å²) in [5.74, 6) is -0.458. The minimum Gasteiger partial charge on any atom is -0.451 e. The lowest BCUT2D eigenvalue weighted by molar-refractivity contribution is -0.122. The van der Waals surface area contributed by atoms with Crippen LogP contribution >= 0.6 is 23.1 Å². The van der Waals surface area contributed by atoms with Crippen molar-refractivity contribution in [2.45, 2.75) is 6.92 Å². The molecule has 3 amide bonds. The third-order valence-electron chi connectivity index (χ3n) is 4.36. The Kier molecular flexibility index (Phi) is 5.06. The minimum atomic E-state index is -0.366. The van der Waals surface area contributed by atoms with Crippen LogP contribution in [0.4, 0.5) is 4.79 Å². The van der Waals surface area contributed by atoms with Gasteiger partial charge >= 0.3 is 0 Å². The van der Waals surface area contributed by atoms with E-state index in [0.717, 1.165) is 32.5 Å². The van der Waals surface area contributed by atoms with E-state index in [1.54, 1.807) is 12.1 Å². The zero-order valence-corrected chi connectivity index (χ0v) is 16.6. The Bertz CT molecular complexity index is 1100. The number of amides is 3. The summed E-state index contributed by atoms with van der Waals surface area (Å²) in [5.41, 5.74) is 1.41. The molecule has 1 saturated heterocycles. The number of furan rings is 1. The molecule has 4 rings (SSSR count). The lowest BCUT2D eigenvalue weighted by atomic mass is 10.1. The van der Waals surface area contributed by atoms with Gasteiger partial charge in [0.1, 0.15) is 5.58 Å². The fourth-order valence-corrected chi connectivity index (χ4v) is 4.54. The molecule has 0 bridgehead atoms. The maximum absolute atomic E-state index is 12.4. The Morgan fingerprint density at radius 1 is 1.21 bits per heavy atom. The number of carbonyl (C=O) groups is 3. The van der Waals surface area contributed by atoms with Crippen molar-refractivity contribution in [3.05, 3.63) is 62.9 Å². The van der Waals surface area contributed by atoms with Crippen LogP contribution in [0.2, 0.25) is 0 Å². The molecule has 8 heteroatoms. The van der Waals surface area contributed by atoms with Crippen LogP contribution in [0, 0.1) is 6.92 Å². The Morgan fingerprint density at radius 3 is 2.79 bits per heavy atom. The molecule has 0 unspecified atom stereocenters. The first-order chi connectivity index (χ1) is 13.5. The number of aryl methyl sites for hydroxylation is 1. The maximum Gasteiger partial charge on any atom is 0.293 e. The quantitative estimate of drug-likeness (QED) is 0.633. The maximum atomic E-state index is 12.4. The second-order valence-electron chi connectivity index (χ2n) is 6.16. The molecule has 0 atom stereocenters. The highest BCUT2D eigenvalue weighted by atomic mass is 32.2. The molecular weight excluding hydrogens is 396 g/mol. The van der Waals surface area contributed by atoms with E-state index in [1.807, 2.05) is 42.6 Å². The topological polar surface area (TPSA) is 79.6 Å². The van der Waals surface area contributed by atoms with Gasteiger partial charge in [-0.15, -0.1) is 11.3 Å². The molecule has 2 aromatic heterocycles. The van der Waals surface area contributed by atoms with Crippen molar-refractivity contribution in [2.75, 3.05) is 13.1 Å². The number of thioether (sulfide) groups is 1. The van der Waals surface area contributed by atoms with Gasteiger partial charge in [0.25, 0.3) is 17.1 Å². The van der Waals surface area contributed by atoms with Gasteiger partial charge < -0.3 is 9.73 Å². The van der Waals surface area contributed by atoms with Crippen LogP contribution in [0.1, 0.15) is 21.0 Å². The Labute approximate surface area is 169 Å². The summed E-state index contributed by atoms with van der Waals surface area (Å²) in [7, 11) is 0. The third-order valence-corrected chi connectivity index (χ3v) is 6.09. The van der Waals surface area contributed by atoms with Crippen LogP contribution in [-0.2, 0) is 4.79 Å². The molecule has 1 aliphatic rings. The molecule has 1 fully saturated rings. The number of carbonyl (C=O) groups excluding carboxylic acids is 3. The predicted molar refractivity (Wildman–Crippen MR) is 110 cm³/mol. The van der Waals surface area contributed by atoms with Crippen molar-refractivity contribution in [3.63, 3.8) is 0 Å². The fourth-order valence-electron chi connectivity index (χ4n) is 2.95. The van der Waals surface area contributed by atoms with Gasteiger partial charge in [-0.1, -0.05) is 24.3 Å². The molecule has 1 N–H and O–H groups in total. The Balaban J connectivity index is 1.39. The summed E-state index contributed by atoms with van der Waals surface area (Å²) in [4.78, 5) is 39.5. The highest BCUT2D eigenvalue weighted by molar-refractivity contribution is 8.18. The summed E-state index contributed by atoms with van der Waals surface area (Å²) < 4.78 is 5.63. The second-order valence-corrected chi connectivity index (χ2v) is 8.13. The van der Waals surface area contributed by atoms with Gasteiger partial charge in [0.2, 0.25) is 0 Å². The van der Waals surface area contributed by atoms with Crippen molar-refractivity contribution in [3.8, 4) is 0 Å². The van der Waals surface area contributed by atoms with Crippen LogP contribution in [0.25, 0.3) is 17.0 Å². The second kappa shape index (κ2) is 7.65. The van der Waals surface area contributed by atoms with Crippen molar-refractivity contribution in [1.82, 2.24) is 10.2 Å². The lowest BCUT2D eigenvalue weighted by Gasteiger charge is -2.12. The fraction of sp³-hybridized carbons (Fsp3) is 0.150. The third kappa shape index (κ3) is 3.48. The summed E-state index contributed by atoms with van der Waals surface area (Å²) in [6.07, 6.45) is 1.71. The van der Waals surface area contributed by atoms with Gasteiger partial charge in [-0.3, -0.25) is 19.3 Å². The van der Waals surface area contributed by atoms with E-state index in [2.05, 4.69) is 5.32 Å². The SMILES string of the molecule is Cc1c(C(=O)NCCN2C(=O)S/C(=C\c3cccs3)C2=O)oc2ccccc12. The van der Waals surface area contributed by atoms with Gasteiger partial charge in [0, 0.05) is 28.9 Å². The average molecular weight is 412 g/mol. The number of fused-ring (bicyclic) bond motifs is 1. The number of hydrogen-bond acceptors (Lipinski definition) is 6. The Morgan fingerprint density at radius 2 is 2.04 bits per heavy atom. The molecule has 0 aliphatic carbocycles. The van der Waals surface area contributed by atoms with Crippen LogP contribution in [-0.4, -0.2) is 35.0 Å². The van der Waals surface area contributed by atoms with E-state index in [0.29, 0.717) is 10.5 Å². The normalized spacial score (nSPS) is 15.8. The smallest absolute Gasteiger partial charge is 0.293 e. The first-order valence-electron chi connectivity index (χ1n) is 8.60. The first-order valence-corrected chi connectivity index (χ1v) is 10.3. The molecule has 0 saturated carbocycles. The largest absolute Gasteiger partial charge is 0.451 e. The monoisotopic (exact) mass is 412 g/mol. The number of para-hydroxylation sites is 1. The number of thiophene rings is 1. The summed E-state index contributed by atoms with van der Waals surface area (Å²) in [6.45, 7) is 2.09. The van der Waals surface area contributed by atoms with Crippen LogP contribution in [0.3, 0.4) is 0 Å². The van der Waals surface area contributed by atoms with E-state index in [1.165, 1.54) is 11.3 Å². The zero-order chi connectivity index (χ0) is 19.7. The van der Waals surface area contributed by atoms with E-state index in [4.69, 9.17) is 4.42 Å². The molecule has 0 radical (unpaired) electrons. The molecule has 3 heterocycles. The van der Waals surface area contributed by atoms with Crippen LogP contribution < -0.4 is 5.32 Å². The highest BCUT2D eigenvalue weighted by Gasteiger charge is 2.34. The van der Waals surface area contributed by atoms with E-state index in [9.17, 15) is 14.4 Å². The van der Waals surface area contributed by atoms with Gasteiger partial charge in [0.05, 0.1) is 4.91 Å². The lowest BCUT2D eigenvalue weighted by Crippen LogP contribution is -2.37. The van der Waals surface area contributed by atoms with Gasteiger partial charge in [-0.2, -0.15) is 0 Å². The van der Waals surface area contributed by atoms with Crippen molar-refractivity contribution < 1.29 is 18.8 Å². The Hall–Kier alpha value is -2.84. The van der Waals surface area contributed by atoms with Gasteiger partial charge in [-0.25, -0.2) is 0 Å². The van der Waals surface area contributed by atoms with Crippen LogP contribution in [0.15, 0.2) is 51.1 Å². The zero-order valence-electron chi connectivity index (χ0n) is 14.9. The molecule has 142 valence electrons. The molecule has 6 nitrogen and oxygen atoms in total. The van der Waals surface area contributed by atoms with E-state index < -0.39 is 0 Å². The van der Waals surface area contributed by atoms with Crippen LogP contribution in [0.5, 0.6) is 0 Å². The number of hydrogen-bond donors (Lipinski definition) is 1. The molecule has 0 spiro atoms. The predicted octanol–water partition coefficient (Wildman–Crippen LogP) is 4.27. The standard InChI is InChI=1S/C20H16N2O4S2/c1-12-14-6-2-3-7-15(14)26-17(12)18(23)21-8-9-22-19(24)16(28-20(22)25)11-13-5-4-10-27-13/h2-7,10-11H,8-9H2,1H3,(H,21,23)/b16-11-. The van der Waals surface area contributed by atoms with Crippen molar-refractivity contribution in [2.24, 2.45) is 0 Å². The van der Waals surface area contributed by atoms with Gasteiger partial charge in [0.15, 0.2) is 5.76 Å². The molecule has 1 aromatic carbocycles. The molecule has 3 aromatic rings. The summed E-state index contributed by atoms with van der Waals surface area (Å²) in [6, 6.07) is 11.2. The minimum absolute atomic E-state index is 0.109. The average Bonchev–Trinajstić information content (AvgIpc) is 3.38. The molecule has 1 aliphatic heterocycles. The van der Waals surface area contributed by atoms with Crippen molar-refractivity contribution >= 4 is 57.2 Å². The van der Waals surface area contributed by atoms with Gasteiger partial charge in [-0.05, 0) is 42.3 Å². The number of benzene rings is 1. The first kappa shape index (κ1) is 18.5. The highest BCUT2D eigenvalue weighted by Crippen LogP contribution is 2.32. The number of nitrogens with zero attached hydrogens (tertiary/aromatic N) is 1. The summed E-state index contributed by atoms with van der Waals surface area (Å²) >= 11 is 2.41. The number of imide groups is 1. The number of nitrogens with one attached hydrogen (secondary N) is 1. The molecular formula is C20H16N2O4S2. The summed E-state index contributed by atoms with van der Waals surface area (Å²) in [5, 5.41) is 5.19. The van der Waals surface area contributed by atoms with E-state index >= 15 is 0 Å². The number of rotatable bonds is 5. The van der Waals surface area contributed by atoms with Crippen molar-refractivity contribution in [1.29, 1.82) is 0 Å². The van der Waals surface area contributed by atoms with E-state index in [-0.39, 0.29) is 35.9 Å². The molecule has 28 heavy (non-hydrogen) atoms.